The van der Waals surface area contributed by atoms with Gasteiger partial charge < -0.3 is 18.0 Å². The van der Waals surface area contributed by atoms with Crippen LogP contribution in [0.5, 0.6) is 5.75 Å². The van der Waals surface area contributed by atoms with E-state index in [1.807, 2.05) is 52.8 Å². The van der Waals surface area contributed by atoms with E-state index in [9.17, 15) is 9.59 Å². The highest BCUT2D eigenvalue weighted by Crippen LogP contribution is 2.43. The second-order valence-corrected chi connectivity index (χ2v) is 24.0. The largest absolute Gasteiger partial charge is 0.538 e. The Bertz CT molecular complexity index is 1640. The molecular formula is C36H55NO6Si2. The molecule has 0 atom stereocenters. The van der Waals surface area contributed by atoms with Gasteiger partial charge in [-0.05, 0) is 83.6 Å². The topological polar surface area (TPSA) is 79.9 Å². The van der Waals surface area contributed by atoms with Gasteiger partial charge in [0, 0.05) is 23.2 Å². The van der Waals surface area contributed by atoms with Gasteiger partial charge in [0.1, 0.15) is 17.0 Å². The Labute approximate surface area is 273 Å². The fraction of sp³-hybridized carbons (Fsp3) is 0.556. The molecule has 0 aliphatic heterocycles. The number of rotatable bonds is 8. The zero-order valence-corrected chi connectivity index (χ0v) is 32.7. The van der Waals surface area contributed by atoms with Gasteiger partial charge in [0.2, 0.25) is 5.43 Å². The van der Waals surface area contributed by atoms with Gasteiger partial charge >= 0.3 is 6.09 Å². The Morgan fingerprint density at radius 2 is 1.62 bits per heavy atom. The number of carbonyl (C=O) groups excluding carboxylic acids is 1. The van der Waals surface area contributed by atoms with E-state index in [2.05, 4.69) is 74.6 Å². The number of ether oxygens (including phenoxy) is 1. The number of carbonyl (C=O) groups is 1. The molecular weight excluding hydrogens is 599 g/mol. The van der Waals surface area contributed by atoms with Crippen LogP contribution in [0.25, 0.3) is 22.2 Å². The maximum Gasteiger partial charge on any atom is 0.419 e. The Kier molecular flexibility index (Phi) is 10.3. The van der Waals surface area contributed by atoms with Crippen LogP contribution in [0, 0.1) is 0 Å². The Hall–Kier alpha value is -2.89. The molecule has 0 N–H and O–H groups in total. The summed E-state index contributed by atoms with van der Waals surface area (Å²) in [6, 6.07) is 7.45. The molecule has 3 rings (SSSR count). The summed E-state index contributed by atoms with van der Waals surface area (Å²) in [7, 11) is -3.46. The van der Waals surface area contributed by atoms with Crippen molar-refractivity contribution >= 4 is 35.1 Å². The van der Waals surface area contributed by atoms with Crippen LogP contribution in [0.15, 0.2) is 51.3 Å². The summed E-state index contributed by atoms with van der Waals surface area (Å²) < 4.78 is 27.3. The minimum absolute atomic E-state index is 0.0499. The molecule has 9 heteroatoms. The predicted molar refractivity (Wildman–Crippen MR) is 191 cm³/mol. The lowest BCUT2D eigenvalue weighted by Crippen LogP contribution is -2.45. The van der Waals surface area contributed by atoms with Crippen molar-refractivity contribution in [3.63, 3.8) is 0 Å². The third-order valence-electron chi connectivity index (χ3n) is 8.00. The molecule has 45 heavy (non-hydrogen) atoms. The van der Waals surface area contributed by atoms with Crippen LogP contribution in [0.1, 0.15) is 101 Å². The summed E-state index contributed by atoms with van der Waals surface area (Å²) in [5, 5.41) is 0.649. The van der Waals surface area contributed by atoms with Gasteiger partial charge in [0.15, 0.2) is 21.3 Å². The molecule has 0 radical (unpaired) electrons. The molecule has 0 aliphatic rings. The van der Waals surface area contributed by atoms with Crippen molar-refractivity contribution in [3.05, 3.63) is 63.7 Å². The highest BCUT2D eigenvalue weighted by atomic mass is 28.4. The molecule has 0 unspecified atom stereocenters. The first kappa shape index (κ1) is 36.6. The van der Waals surface area contributed by atoms with Gasteiger partial charge in [-0.15, -0.1) is 0 Å². The van der Waals surface area contributed by atoms with Crippen LogP contribution in [0.3, 0.4) is 0 Å². The summed E-state index contributed by atoms with van der Waals surface area (Å²) >= 11 is 0. The highest BCUT2D eigenvalue weighted by molar-refractivity contribution is 6.74. The second-order valence-electron chi connectivity index (χ2n) is 16.5. The molecule has 0 saturated carbocycles. The molecule has 248 valence electrons. The fourth-order valence-electron chi connectivity index (χ4n) is 4.40. The van der Waals surface area contributed by atoms with E-state index in [4.69, 9.17) is 18.0 Å². The van der Waals surface area contributed by atoms with Crippen LogP contribution in [0.2, 0.25) is 23.2 Å². The van der Waals surface area contributed by atoms with Crippen LogP contribution in [-0.4, -0.2) is 34.3 Å². The van der Waals surface area contributed by atoms with Crippen molar-refractivity contribution in [3.8, 4) is 17.1 Å². The average Bonchev–Trinajstić information content (AvgIpc) is 3.25. The zero-order valence-electron chi connectivity index (χ0n) is 30.3. The zero-order chi connectivity index (χ0) is 34.3. The molecule has 3 aromatic rings. The van der Waals surface area contributed by atoms with Gasteiger partial charge in [-0.2, -0.15) is 0 Å². The maximum absolute atomic E-state index is 14.1. The first-order valence-corrected chi connectivity index (χ1v) is 20.0. The van der Waals surface area contributed by atoms with E-state index in [1.54, 1.807) is 10.8 Å². The Morgan fingerprint density at radius 3 is 2.16 bits per heavy atom. The summed E-state index contributed by atoms with van der Waals surface area (Å²) in [4.78, 5) is 27.8. The van der Waals surface area contributed by atoms with E-state index >= 15 is 0 Å². The van der Waals surface area contributed by atoms with Gasteiger partial charge in [-0.3, -0.25) is 9.36 Å². The lowest BCUT2D eigenvalue weighted by molar-refractivity contribution is 0.0544. The molecule has 1 aromatic carbocycles. The second kappa shape index (κ2) is 12.7. The number of benzene rings is 1. The number of para-hydroxylation sites is 1. The van der Waals surface area contributed by atoms with Crippen molar-refractivity contribution in [2.75, 3.05) is 0 Å². The molecule has 7 nitrogen and oxygen atoms in total. The molecule has 0 saturated heterocycles. The normalized spacial score (nSPS) is 13.5. The molecule has 0 fully saturated rings. The van der Waals surface area contributed by atoms with E-state index in [-0.39, 0.29) is 21.3 Å². The van der Waals surface area contributed by atoms with Crippen molar-refractivity contribution in [2.24, 2.45) is 0 Å². The van der Waals surface area contributed by atoms with Crippen molar-refractivity contribution in [1.29, 1.82) is 0 Å². The number of hydrogen-bond acceptors (Lipinski definition) is 6. The van der Waals surface area contributed by atoms with Crippen LogP contribution in [-0.2, 0) is 21.2 Å². The molecule has 2 heterocycles. The van der Waals surface area contributed by atoms with Crippen LogP contribution < -0.4 is 9.85 Å². The summed E-state index contributed by atoms with van der Waals surface area (Å²) in [6.45, 7) is 30.6. The standard InChI is InChI=1S/C36H55NO6Si2/c1-23(2)19-20-24-17-16-18-25-26(22-37(29(24)25)32(39)41-33(3,4)5)30-31(42-45(14,15)35(9,10)11)27(38)21-28(40-30)36(12,13)43-44-34(6,7)8/h16-19,21-22H,20,44H2,1-15H3. The van der Waals surface area contributed by atoms with Crippen LogP contribution in [0.4, 0.5) is 4.79 Å². The number of hydrogen-bond donors (Lipinski definition) is 0. The molecule has 2 aromatic heterocycles. The minimum Gasteiger partial charge on any atom is -0.538 e. The first-order valence-electron chi connectivity index (χ1n) is 15.8. The van der Waals surface area contributed by atoms with Crippen molar-refractivity contribution in [2.45, 2.75) is 131 Å². The first-order chi connectivity index (χ1) is 20.3. The molecule has 0 bridgehead atoms. The van der Waals surface area contributed by atoms with Gasteiger partial charge in [-0.25, -0.2) is 4.79 Å². The smallest absolute Gasteiger partial charge is 0.419 e. The lowest BCUT2D eigenvalue weighted by atomic mass is 10.0. The Balaban J connectivity index is 2.44. The van der Waals surface area contributed by atoms with Gasteiger partial charge in [0.05, 0.1) is 5.52 Å². The third-order valence-corrected chi connectivity index (χ3v) is 14.1. The fourth-order valence-corrected chi connectivity index (χ4v) is 6.35. The summed E-state index contributed by atoms with van der Waals surface area (Å²) in [6.07, 6.45) is 3.98. The number of allylic oxidation sites excluding steroid dienone is 2. The lowest BCUT2D eigenvalue weighted by Gasteiger charge is -2.36. The van der Waals surface area contributed by atoms with Gasteiger partial charge in [0.25, 0.3) is 8.32 Å². The van der Waals surface area contributed by atoms with E-state index in [0.29, 0.717) is 29.0 Å². The van der Waals surface area contributed by atoms with E-state index in [0.717, 1.165) is 10.9 Å². The number of nitrogens with zero attached hydrogens (tertiary/aromatic N) is 1. The molecule has 0 spiro atoms. The molecule has 0 amide bonds. The maximum atomic E-state index is 14.1. The minimum atomic E-state index is -2.49. The monoisotopic (exact) mass is 653 g/mol. The SMILES string of the molecule is CC(C)=CCc1cccc2c(-c3oc(C(C)(C)O[SiH2]C(C)(C)C)cc(=O)c3O[Si](C)(C)C(C)(C)C)cn(C(=O)OC(C)(C)C)c12. The average molecular weight is 654 g/mol. The summed E-state index contributed by atoms with van der Waals surface area (Å²) in [5.74, 6) is 0.871. The highest BCUT2D eigenvalue weighted by Gasteiger charge is 2.41. The van der Waals surface area contributed by atoms with Gasteiger partial charge in [-0.1, -0.05) is 71.4 Å². The van der Waals surface area contributed by atoms with Crippen LogP contribution >= 0.6 is 0 Å². The van der Waals surface area contributed by atoms with Crippen molar-refractivity contribution in [1.82, 2.24) is 4.57 Å². The van der Waals surface area contributed by atoms with E-state index < -0.39 is 35.4 Å². The summed E-state index contributed by atoms with van der Waals surface area (Å²) in [5.41, 5.74) is 1.60. The number of fused-ring (bicyclic) bond motifs is 1. The van der Waals surface area contributed by atoms with E-state index in [1.165, 1.54) is 11.6 Å². The molecule has 0 aliphatic carbocycles. The predicted octanol–water partition coefficient (Wildman–Crippen LogP) is 9.49. The number of aromatic nitrogens is 1. The van der Waals surface area contributed by atoms with Crippen molar-refractivity contribution < 1.29 is 22.8 Å². The quantitative estimate of drug-likeness (QED) is 0.178. The Morgan fingerprint density at radius 1 is 1.00 bits per heavy atom. The third kappa shape index (κ3) is 8.89.